The molecule has 4 heterocycles. The number of nitrogens with one attached hydrogen (secondary N) is 1. The van der Waals surface area contributed by atoms with E-state index in [9.17, 15) is 4.79 Å². The Balaban J connectivity index is 1.54. The molecule has 1 aliphatic carbocycles. The quantitative estimate of drug-likeness (QED) is 0.766. The second-order valence-electron chi connectivity index (χ2n) is 7.26. The fraction of sp³-hybridized carbons (Fsp3) is 0.444. The van der Waals surface area contributed by atoms with Crippen LogP contribution in [0, 0.1) is 5.92 Å². The molecule has 9 nitrogen and oxygen atoms in total. The van der Waals surface area contributed by atoms with Crippen molar-refractivity contribution >= 4 is 11.7 Å². The second kappa shape index (κ2) is 5.97. The van der Waals surface area contributed by atoms with Crippen LogP contribution in [0.4, 0.5) is 0 Å². The molecule has 4 aliphatic rings. The van der Waals surface area contributed by atoms with Gasteiger partial charge in [-0.1, -0.05) is 0 Å². The molecule has 1 atom stereocenters. The monoisotopic (exact) mass is 367 g/mol. The van der Waals surface area contributed by atoms with Crippen LogP contribution in [-0.4, -0.2) is 50.6 Å². The number of hydrogen-bond acceptors (Lipinski definition) is 7. The first-order chi connectivity index (χ1) is 13.1. The highest BCUT2D eigenvalue weighted by molar-refractivity contribution is 5.99. The van der Waals surface area contributed by atoms with Gasteiger partial charge in [0, 0.05) is 25.4 Å². The van der Waals surface area contributed by atoms with Crippen molar-refractivity contribution in [2.45, 2.75) is 25.3 Å². The maximum absolute atomic E-state index is 11.9. The van der Waals surface area contributed by atoms with Gasteiger partial charge in [-0.3, -0.25) is 4.79 Å². The van der Waals surface area contributed by atoms with Gasteiger partial charge in [-0.25, -0.2) is 14.7 Å². The third-order valence-corrected chi connectivity index (χ3v) is 5.44. The average Bonchev–Trinajstić information content (AvgIpc) is 3.30. The number of amidine groups is 1. The molecule has 0 aromatic carbocycles. The number of aryl methyl sites for hydroxylation is 1. The van der Waals surface area contributed by atoms with Crippen LogP contribution in [0.5, 0.6) is 0 Å². The van der Waals surface area contributed by atoms with Gasteiger partial charge in [0.1, 0.15) is 25.2 Å². The van der Waals surface area contributed by atoms with Crippen LogP contribution >= 0.6 is 0 Å². The van der Waals surface area contributed by atoms with Crippen molar-refractivity contribution in [1.82, 2.24) is 25.0 Å². The maximum atomic E-state index is 11.9. The van der Waals surface area contributed by atoms with Gasteiger partial charge in [-0.15, -0.1) is 0 Å². The van der Waals surface area contributed by atoms with Gasteiger partial charge >= 0.3 is 0 Å². The topological polar surface area (TPSA) is 111 Å². The van der Waals surface area contributed by atoms with E-state index in [4.69, 9.17) is 10.5 Å². The summed E-state index contributed by atoms with van der Waals surface area (Å²) in [6.45, 7) is 1.33. The Morgan fingerprint density at radius 3 is 3.00 bits per heavy atom. The third-order valence-electron chi connectivity index (χ3n) is 5.44. The SMILES string of the molecule is Cn1ncnc1C1=NC=C2C(NC(C(N)=O)C3CC3)=COCC3=C2N1CC3. The Morgan fingerprint density at radius 1 is 1.44 bits per heavy atom. The summed E-state index contributed by atoms with van der Waals surface area (Å²) >= 11 is 0. The summed E-state index contributed by atoms with van der Waals surface area (Å²) in [6, 6.07) is -0.387. The van der Waals surface area contributed by atoms with Gasteiger partial charge in [0.25, 0.3) is 0 Å². The lowest BCUT2D eigenvalue weighted by molar-refractivity contribution is -0.120. The van der Waals surface area contributed by atoms with E-state index in [0.29, 0.717) is 12.5 Å². The van der Waals surface area contributed by atoms with Crippen LogP contribution in [0.3, 0.4) is 0 Å². The number of nitrogens with two attached hydrogens (primary N) is 1. The number of amides is 1. The van der Waals surface area contributed by atoms with Crippen molar-refractivity contribution in [2.24, 2.45) is 23.7 Å². The summed E-state index contributed by atoms with van der Waals surface area (Å²) in [6.07, 6.45) is 7.96. The van der Waals surface area contributed by atoms with Crippen molar-refractivity contribution in [3.63, 3.8) is 0 Å². The first-order valence-corrected chi connectivity index (χ1v) is 9.13. The lowest BCUT2D eigenvalue weighted by Gasteiger charge is -2.29. The van der Waals surface area contributed by atoms with Crippen molar-refractivity contribution in [3.05, 3.63) is 47.2 Å². The summed E-state index contributed by atoms with van der Waals surface area (Å²) in [4.78, 5) is 23.1. The zero-order valence-corrected chi connectivity index (χ0v) is 15.1. The zero-order valence-electron chi connectivity index (χ0n) is 15.1. The van der Waals surface area contributed by atoms with Crippen LogP contribution in [0.15, 0.2) is 46.3 Å². The molecule has 5 rings (SSSR count). The molecule has 1 amide bonds. The van der Waals surface area contributed by atoms with Gasteiger partial charge < -0.3 is 20.7 Å². The number of nitrogens with zero attached hydrogens (tertiary/aromatic N) is 5. The summed E-state index contributed by atoms with van der Waals surface area (Å²) < 4.78 is 7.49. The third kappa shape index (κ3) is 2.61. The molecule has 1 fully saturated rings. The zero-order chi connectivity index (χ0) is 18.5. The molecule has 9 heteroatoms. The van der Waals surface area contributed by atoms with Crippen LogP contribution in [0.25, 0.3) is 0 Å². The van der Waals surface area contributed by atoms with E-state index in [1.807, 2.05) is 13.2 Å². The number of carbonyl (C=O) groups is 1. The number of hydrogen-bond donors (Lipinski definition) is 2. The van der Waals surface area contributed by atoms with Crippen LogP contribution < -0.4 is 11.1 Å². The van der Waals surface area contributed by atoms with Crippen LogP contribution in [-0.2, 0) is 16.6 Å². The van der Waals surface area contributed by atoms with E-state index in [1.54, 1.807) is 10.9 Å². The first kappa shape index (κ1) is 16.1. The maximum Gasteiger partial charge on any atom is 0.240 e. The number of aromatic nitrogens is 3. The predicted molar refractivity (Wildman–Crippen MR) is 96.8 cm³/mol. The molecule has 3 N–H and O–H groups in total. The molecule has 0 saturated heterocycles. The van der Waals surface area contributed by atoms with E-state index in [1.165, 1.54) is 11.9 Å². The molecule has 1 unspecified atom stereocenters. The van der Waals surface area contributed by atoms with Gasteiger partial charge in [-0.2, -0.15) is 5.10 Å². The molecule has 1 aromatic rings. The highest BCUT2D eigenvalue weighted by Crippen LogP contribution is 2.39. The van der Waals surface area contributed by atoms with E-state index < -0.39 is 0 Å². The van der Waals surface area contributed by atoms with E-state index in [0.717, 1.165) is 54.4 Å². The minimum atomic E-state index is -0.387. The highest BCUT2D eigenvalue weighted by atomic mass is 16.5. The molecule has 3 aliphatic heterocycles. The number of rotatable bonds is 5. The smallest absolute Gasteiger partial charge is 0.240 e. The van der Waals surface area contributed by atoms with E-state index in [-0.39, 0.29) is 11.9 Å². The van der Waals surface area contributed by atoms with Gasteiger partial charge in [0.15, 0.2) is 11.7 Å². The summed E-state index contributed by atoms with van der Waals surface area (Å²) in [5, 5.41) is 7.47. The molecule has 0 spiro atoms. The van der Waals surface area contributed by atoms with E-state index >= 15 is 0 Å². The fourth-order valence-electron chi connectivity index (χ4n) is 3.91. The van der Waals surface area contributed by atoms with Gasteiger partial charge in [-0.05, 0) is 30.8 Å². The Bertz CT molecular complexity index is 935. The number of primary amides is 1. The lowest BCUT2D eigenvalue weighted by Crippen LogP contribution is -2.43. The largest absolute Gasteiger partial charge is 0.495 e. The molecule has 140 valence electrons. The highest BCUT2D eigenvalue weighted by Gasteiger charge is 2.39. The molecule has 1 saturated carbocycles. The Kier molecular flexibility index (Phi) is 3.56. The molecular weight excluding hydrogens is 346 g/mol. The Hall–Kier alpha value is -3.10. The summed E-state index contributed by atoms with van der Waals surface area (Å²) in [5.74, 6) is 1.45. The average molecular weight is 367 g/mol. The number of ether oxygens (including phenoxy) is 1. The molecule has 0 bridgehead atoms. The van der Waals surface area contributed by atoms with Gasteiger partial charge in [0.2, 0.25) is 5.91 Å². The molecule has 27 heavy (non-hydrogen) atoms. The van der Waals surface area contributed by atoms with Crippen LogP contribution in [0.1, 0.15) is 25.1 Å². The Morgan fingerprint density at radius 2 is 2.30 bits per heavy atom. The van der Waals surface area contributed by atoms with Crippen molar-refractivity contribution in [1.29, 1.82) is 0 Å². The van der Waals surface area contributed by atoms with Crippen LogP contribution in [0.2, 0.25) is 0 Å². The number of aliphatic imine (C=N–C) groups is 1. The fourth-order valence-corrected chi connectivity index (χ4v) is 3.91. The summed E-state index contributed by atoms with van der Waals surface area (Å²) in [5.41, 5.74) is 9.59. The standard InChI is InChI=1S/C18H21N7O2/c1-24-17(21-9-22-24)18-20-6-12-13(23-14(16(19)26)10-2-3-10)8-27-7-11-4-5-25(18)15(11)12/h6,8-10,14,23H,2-5,7H2,1H3,(H2,19,26). The molecular formula is C18H21N7O2. The van der Waals surface area contributed by atoms with Crippen molar-refractivity contribution in [3.8, 4) is 0 Å². The second-order valence-corrected chi connectivity index (χ2v) is 7.26. The molecule has 0 radical (unpaired) electrons. The van der Waals surface area contributed by atoms with Crippen molar-refractivity contribution < 1.29 is 9.53 Å². The van der Waals surface area contributed by atoms with Crippen molar-refractivity contribution in [2.75, 3.05) is 13.2 Å². The normalized spacial score (nSPS) is 22.3. The van der Waals surface area contributed by atoms with E-state index in [2.05, 4.69) is 25.3 Å². The predicted octanol–water partition coefficient (Wildman–Crippen LogP) is 0.144. The first-order valence-electron chi connectivity index (χ1n) is 9.13. The van der Waals surface area contributed by atoms with Gasteiger partial charge in [0.05, 0.1) is 11.4 Å². The minimum Gasteiger partial charge on any atom is -0.495 e. The lowest BCUT2D eigenvalue weighted by atomic mass is 10.0. The Labute approximate surface area is 156 Å². The molecule has 1 aromatic heterocycles. The number of carbonyl (C=O) groups excluding carboxylic acids is 1. The minimum absolute atomic E-state index is 0.293. The summed E-state index contributed by atoms with van der Waals surface area (Å²) in [7, 11) is 1.85.